The van der Waals surface area contributed by atoms with Crippen LogP contribution in [-0.2, 0) is 10.0 Å². The minimum Gasteiger partial charge on any atom is -0.494 e. The number of hydrogen-bond acceptors (Lipinski definition) is 6. The molecule has 1 aliphatic carbocycles. The Balaban J connectivity index is 1.83. The molecule has 29 heavy (non-hydrogen) atoms. The second-order valence-corrected chi connectivity index (χ2v) is 11.3. The number of rotatable bonds is 10. The number of nitrogens with one attached hydrogen (secondary N) is 2. The zero-order valence-electron chi connectivity index (χ0n) is 18.0. The molecule has 0 heterocycles. The summed E-state index contributed by atoms with van der Waals surface area (Å²) < 4.78 is 32.3. The number of sulfonamides is 1. The van der Waals surface area contributed by atoms with Crippen molar-refractivity contribution >= 4 is 21.4 Å². The molecule has 0 saturated heterocycles. The molecule has 0 aliphatic heterocycles. The lowest BCUT2D eigenvalue weighted by Gasteiger charge is -2.31. The normalized spacial score (nSPS) is 20.3. The summed E-state index contributed by atoms with van der Waals surface area (Å²) in [5.41, 5.74) is 1.06. The lowest BCUT2D eigenvalue weighted by atomic mass is 9.86. The zero-order chi connectivity index (χ0) is 21.5. The summed E-state index contributed by atoms with van der Waals surface area (Å²) in [6.07, 6.45) is 5.55. The number of ether oxygens (including phenoxy) is 1. The van der Waals surface area contributed by atoms with Gasteiger partial charge in [-0.05, 0) is 76.1 Å². The minimum atomic E-state index is -3.32. The van der Waals surface area contributed by atoms with Crippen LogP contribution >= 0.6 is 0 Å². The summed E-state index contributed by atoms with van der Waals surface area (Å²) in [4.78, 5) is 11.2. The van der Waals surface area contributed by atoms with Crippen molar-refractivity contribution in [3.05, 3.63) is 23.1 Å². The van der Waals surface area contributed by atoms with E-state index in [1.807, 2.05) is 12.1 Å². The molecule has 0 aromatic heterocycles. The Bertz CT molecular complexity index is 767. The van der Waals surface area contributed by atoms with Crippen molar-refractivity contribution in [2.45, 2.75) is 77.0 Å². The molecule has 1 aliphatic rings. The van der Waals surface area contributed by atoms with Gasteiger partial charge in [0.2, 0.25) is 10.0 Å². The van der Waals surface area contributed by atoms with Gasteiger partial charge in [-0.1, -0.05) is 13.3 Å². The Morgan fingerprint density at radius 1 is 1.17 bits per heavy atom. The third-order valence-electron chi connectivity index (χ3n) is 5.39. The van der Waals surface area contributed by atoms with Gasteiger partial charge in [0.25, 0.3) is 0 Å². The average Bonchev–Trinajstić information content (AvgIpc) is 2.67. The van der Waals surface area contributed by atoms with E-state index in [-0.39, 0.29) is 6.04 Å². The van der Waals surface area contributed by atoms with E-state index < -0.39 is 14.8 Å². The van der Waals surface area contributed by atoms with Crippen LogP contribution in [0.2, 0.25) is 0 Å². The zero-order valence-corrected chi connectivity index (χ0v) is 18.8. The lowest BCUT2D eigenvalue weighted by molar-refractivity contribution is 0.309. The summed E-state index contributed by atoms with van der Waals surface area (Å²) in [5.74, 6) is 1.09. The quantitative estimate of drug-likeness (QED) is 0.408. The van der Waals surface area contributed by atoms with Crippen LogP contribution in [0.15, 0.2) is 23.4 Å². The number of hydrogen-bond donors (Lipinski definition) is 2. The van der Waals surface area contributed by atoms with Crippen LogP contribution in [0.1, 0.15) is 66.2 Å². The molecule has 0 radical (unpaired) electrons. The van der Waals surface area contributed by atoms with Crippen LogP contribution in [0.3, 0.4) is 0 Å². The minimum absolute atomic E-state index is 0.00207. The van der Waals surface area contributed by atoms with Crippen LogP contribution in [-0.4, -0.2) is 32.4 Å². The molecule has 7 nitrogen and oxygen atoms in total. The molecule has 164 valence electrons. The molecule has 0 bridgehead atoms. The van der Waals surface area contributed by atoms with E-state index in [9.17, 15) is 13.3 Å². The van der Waals surface area contributed by atoms with Gasteiger partial charge in [-0.3, -0.25) is 0 Å². The molecular formula is C21H35N3O4S. The van der Waals surface area contributed by atoms with Crippen molar-refractivity contribution in [1.29, 1.82) is 0 Å². The topological polar surface area (TPSA) is 96.9 Å². The van der Waals surface area contributed by atoms with Crippen molar-refractivity contribution in [2.75, 3.05) is 18.5 Å². The number of anilines is 1. The van der Waals surface area contributed by atoms with Gasteiger partial charge in [0.05, 0.1) is 17.0 Å². The van der Waals surface area contributed by atoms with Crippen molar-refractivity contribution < 1.29 is 13.2 Å². The largest absolute Gasteiger partial charge is 0.494 e. The Labute approximate surface area is 175 Å². The predicted octanol–water partition coefficient (Wildman–Crippen LogP) is 4.95. The maximum Gasteiger partial charge on any atom is 0.216 e. The van der Waals surface area contributed by atoms with E-state index in [0.29, 0.717) is 29.6 Å². The number of benzene rings is 1. The number of nitrogens with zero attached hydrogens (tertiary/aromatic N) is 1. The van der Waals surface area contributed by atoms with Crippen LogP contribution in [0, 0.1) is 10.8 Å². The molecule has 1 aromatic rings. The highest BCUT2D eigenvalue weighted by Crippen LogP contribution is 2.31. The highest BCUT2D eigenvalue weighted by molar-refractivity contribution is 7.90. The van der Waals surface area contributed by atoms with Gasteiger partial charge >= 0.3 is 0 Å². The number of unbranched alkanes of at least 4 members (excludes halogenated alkanes) is 1. The van der Waals surface area contributed by atoms with Crippen LogP contribution < -0.4 is 14.8 Å². The van der Waals surface area contributed by atoms with Crippen molar-refractivity contribution in [3.8, 4) is 5.75 Å². The Morgan fingerprint density at radius 3 is 2.45 bits per heavy atom. The van der Waals surface area contributed by atoms with Gasteiger partial charge in [-0.25, -0.2) is 13.1 Å². The van der Waals surface area contributed by atoms with Crippen molar-refractivity contribution in [3.63, 3.8) is 0 Å². The first-order valence-electron chi connectivity index (χ1n) is 10.5. The summed E-state index contributed by atoms with van der Waals surface area (Å²) in [5, 5.41) is 6.46. The molecule has 1 saturated carbocycles. The summed E-state index contributed by atoms with van der Waals surface area (Å²) in [6.45, 7) is 8.60. The summed E-state index contributed by atoms with van der Waals surface area (Å²) in [7, 11) is -3.32. The monoisotopic (exact) mass is 425 g/mol. The average molecular weight is 426 g/mol. The second kappa shape index (κ2) is 10.4. The first-order valence-corrected chi connectivity index (χ1v) is 12.0. The maximum absolute atomic E-state index is 12.3. The molecule has 0 spiro atoms. The van der Waals surface area contributed by atoms with E-state index in [1.54, 1.807) is 26.8 Å². The molecule has 0 unspecified atom stereocenters. The fourth-order valence-electron chi connectivity index (χ4n) is 3.30. The Hall–Kier alpha value is -1.67. The highest BCUT2D eigenvalue weighted by Gasteiger charge is 2.32. The molecule has 0 atom stereocenters. The van der Waals surface area contributed by atoms with E-state index >= 15 is 0 Å². The molecule has 2 rings (SSSR count). The van der Waals surface area contributed by atoms with Crippen LogP contribution in [0.4, 0.5) is 11.4 Å². The van der Waals surface area contributed by atoms with Crippen molar-refractivity contribution in [1.82, 2.24) is 4.72 Å². The molecular weight excluding hydrogens is 390 g/mol. The fraction of sp³-hybridized carbons (Fsp3) is 0.714. The maximum atomic E-state index is 12.3. The molecule has 2 N–H and O–H groups in total. The van der Waals surface area contributed by atoms with Gasteiger partial charge in [0.15, 0.2) is 0 Å². The third-order valence-corrected chi connectivity index (χ3v) is 7.65. The fourth-order valence-corrected chi connectivity index (χ4v) is 4.32. The Kier molecular flexibility index (Phi) is 8.46. The first kappa shape index (κ1) is 23.6. The van der Waals surface area contributed by atoms with Gasteiger partial charge in [-0.15, -0.1) is 4.91 Å². The standard InChI is InChI=1S/C21H35N3O4S/c1-5-6-13-28-18-11-12-19(20(14-18)23-25)22-15-16-7-9-17(10-8-16)24-29(26,27)21(2,3)4/h11-12,14,16-17,22,24H,5-10,13,15H2,1-4H3. The van der Waals surface area contributed by atoms with Gasteiger partial charge < -0.3 is 10.1 Å². The summed E-state index contributed by atoms with van der Waals surface area (Å²) >= 11 is 0. The van der Waals surface area contributed by atoms with E-state index in [0.717, 1.165) is 45.1 Å². The molecule has 1 aromatic carbocycles. The third kappa shape index (κ3) is 6.96. The molecule has 1 fully saturated rings. The highest BCUT2D eigenvalue weighted by atomic mass is 32.2. The van der Waals surface area contributed by atoms with E-state index in [1.165, 1.54) is 0 Å². The van der Waals surface area contributed by atoms with E-state index in [4.69, 9.17) is 4.74 Å². The smallest absolute Gasteiger partial charge is 0.216 e. The van der Waals surface area contributed by atoms with Crippen LogP contribution in [0.25, 0.3) is 0 Å². The van der Waals surface area contributed by atoms with Gasteiger partial charge in [0.1, 0.15) is 11.4 Å². The molecule has 8 heteroatoms. The number of nitroso groups, excluding NO2 is 1. The van der Waals surface area contributed by atoms with Crippen LogP contribution in [0.5, 0.6) is 5.75 Å². The first-order chi connectivity index (χ1) is 13.7. The SMILES string of the molecule is CCCCOc1ccc(NCC2CCC(NS(=O)(=O)C(C)(C)C)CC2)c(N=O)c1. The second-order valence-electron chi connectivity index (χ2n) is 8.80. The van der Waals surface area contributed by atoms with E-state index in [2.05, 4.69) is 22.1 Å². The van der Waals surface area contributed by atoms with Gasteiger partial charge in [-0.2, -0.15) is 0 Å². The lowest BCUT2D eigenvalue weighted by Crippen LogP contribution is -2.46. The van der Waals surface area contributed by atoms with Crippen molar-refractivity contribution in [2.24, 2.45) is 11.1 Å². The summed E-state index contributed by atoms with van der Waals surface area (Å²) in [6, 6.07) is 5.36. The predicted molar refractivity (Wildman–Crippen MR) is 118 cm³/mol. The van der Waals surface area contributed by atoms with Gasteiger partial charge in [0, 0.05) is 18.7 Å². The Morgan fingerprint density at radius 2 is 1.86 bits per heavy atom. The molecule has 0 amide bonds.